The molecule has 0 aliphatic rings. The molecule has 0 saturated heterocycles. The summed E-state index contributed by atoms with van der Waals surface area (Å²) in [7, 11) is 0. The fourth-order valence-corrected chi connectivity index (χ4v) is 1.95. The monoisotopic (exact) mass is 248 g/mol. The summed E-state index contributed by atoms with van der Waals surface area (Å²) >= 11 is 0. The van der Waals surface area contributed by atoms with Crippen molar-refractivity contribution in [3.63, 3.8) is 0 Å². The number of rotatable bonds is 3. The smallest absolute Gasteiger partial charge is 0.0975 e. The van der Waals surface area contributed by atoms with Crippen molar-refractivity contribution in [3.05, 3.63) is 72.3 Å². The van der Waals surface area contributed by atoms with Gasteiger partial charge in [0.25, 0.3) is 0 Å². The summed E-state index contributed by atoms with van der Waals surface area (Å²) in [6.45, 7) is 2.74. The van der Waals surface area contributed by atoms with Crippen molar-refractivity contribution in [2.24, 2.45) is 0 Å². The Morgan fingerprint density at radius 2 is 1.95 bits per heavy atom. The molecule has 2 aromatic heterocycles. The van der Waals surface area contributed by atoms with Crippen LogP contribution in [0.4, 0.5) is 0 Å². The molecular formula is C16H14N3. The van der Waals surface area contributed by atoms with E-state index in [9.17, 15) is 0 Å². The SMILES string of the molecule is Cc1ccc(-c2cnn(Cc3ccccc3)c2)[c]n1. The molecule has 0 aliphatic heterocycles. The van der Waals surface area contributed by atoms with E-state index in [0.717, 1.165) is 23.4 Å². The summed E-state index contributed by atoms with van der Waals surface area (Å²) in [4.78, 5) is 4.19. The molecule has 0 saturated carbocycles. The zero-order valence-electron chi connectivity index (χ0n) is 10.7. The van der Waals surface area contributed by atoms with Gasteiger partial charge in [-0.3, -0.25) is 9.67 Å². The van der Waals surface area contributed by atoms with Gasteiger partial charge in [0.15, 0.2) is 0 Å². The molecule has 0 fully saturated rings. The molecule has 0 N–H and O–H groups in total. The summed E-state index contributed by atoms with van der Waals surface area (Å²) in [6, 6.07) is 14.3. The number of hydrogen-bond donors (Lipinski definition) is 0. The summed E-state index contributed by atoms with van der Waals surface area (Å²) in [6.07, 6.45) is 6.90. The normalized spacial score (nSPS) is 10.6. The van der Waals surface area contributed by atoms with Gasteiger partial charge in [0.1, 0.15) is 0 Å². The van der Waals surface area contributed by atoms with E-state index >= 15 is 0 Å². The Balaban J connectivity index is 1.82. The predicted octanol–water partition coefficient (Wildman–Crippen LogP) is 3.10. The molecule has 0 atom stereocenters. The molecule has 19 heavy (non-hydrogen) atoms. The maximum absolute atomic E-state index is 4.38. The highest BCUT2D eigenvalue weighted by Crippen LogP contribution is 2.17. The summed E-state index contributed by atoms with van der Waals surface area (Å²) in [5.74, 6) is 0. The molecule has 1 radical (unpaired) electrons. The van der Waals surface area contributed by atoms with Crippen molar-refractivity contribution in [2.75, 3.05) is 0 Å². The second-order valence-electron chi connectivity index (χ2n) is 4.52. The average molecular weight is 248 g/mol. The second kappa shape index (κ2) is 5.06. The quantitative estimate of drug-likeness (QED) is 0.713. The number of nitrogens with zero attached hydrogens (tertiary/aromatic N) is 3. The third-order valence-electron chi connectivity index (χ3n) is 2.98. The van der Waals surface area contributed by atoms with Crippen molar-refractivity contribution in [3.8, 4) is 11.1 Å². The van der Waals surface area contributed by atoms with Crippen LogP contribution in [0.5, 0.6) is 0 Å². The minimum atomic E-state index is 0.778. The van der Waals surface area contributed by atoms with Gasteiger partial charge in [-0.25, -0.2) is 0 Å². The molecule has 3 nitrogen and oxygen atoms in total. The van der Waals surface area contributed by atoms with Crippen molar-refractivity contribution in [2.45, 2.75) is 13.5 Å². The number of aromatic nitrogens is 3. The fourth-order valence-electron chi connectivity index (χ4n) is 1.95. The lowest BCUT2D eigenvalue weighted by molar-refractivity contribution is 0.687. The van der Waals surface area contributed by atoms with Gasteiger partial charge in [0.2, 0.25) is 0 Å². The summed E-state index contributed by atoms with van der Waals surface area (Å²) in [5.41, 5.74) is 4.23. The largest absolute Gasteiger partial charge is 0.268 e. The van der Waals surface area contributed by atoms with Gasteiger partial charge < -0.3 is 0 Å². The molecule has 3 aromatic rings. The summed E-state index contributed by atoms with van der Waals surface area (Å²) in [5, 5.41) is 4.38. The Bertz CT molecular complexity index is 654. The Morgan fingerprint density at radius 1 is 1.11 bits per heavy atom. The van der Waals surface area contributed by atoms with Crippen LogP contribution in [0.25, 0.3) is 11.1 Å². The molecular weight excluding hydrogens is 234 g/mol. The van der Waals surface area contributed by atoms with Gasteiger partial charge in [-0.15, -0.1) is 0 Å². The molecule has 2 heterocycles. The lowest BCUT2D eigenvalue weighted by Gasteiger charge is -2.00. The van der Waals surface area contributed by atoms with E-state index in [0.29, 0.717) is 0 Å². The van der Waals surface area contributed by atoms with E-state index in [1.165, 1.54) is 5.56 Å². The van der Waals surface area contributed by atoms with Crippen LogP contribution in [0.15, 0.2) is 54.9 Å². The highest BCUT2D eigenvalue weighted by Gasteiger charge is 2.03. The van der Waals surface area contributed by atoms with Gasteiger partial charge >= 0.3 is 0 Å². The fraction of sp³-hybridized carbons (Fsp3) is 0.125. The highest BCUT2D eigenvalue weighted by molar-refractivity contribution is 5.59. The Kier molecular flexibility index (Phi) is 3.11. The molecule has 1 aromatic carbocycles. The van der Waals surface area contributed by atoms with Gasteiger partial charge in [-0.2, -0.15) is 5.10 Å². The lowest BCUT2D eigenvalue weighted by atomic mass is 10.1. The molecule has 3 heteroatoms. The standard InChI is InChI=1S/C16H14N3/c1-13-7-8-15(9-17-13)16-10-18-19(12-16)11-14-5-3-2-4-6-14/h2-8,10,12H,11H2,1H3. The molecule has 0 bridgehead atoms. The minimum absolute atomic E-state index is 0.778. The number of benzene rings is 1. The average Bonchev–Trinajstić information content (AvgIpc) is 2.89. The molecule has 93 valence electrons. The second-order valence-corrected chi connectivity index (χ2v) is 4.52. The summed E-state index contributed by atoms with van der Waals surface area (Å²) < 4.78 is 1.93. The van der Waals surface area contributed by atoms with Crippen LogP contribution in [0.1, 0.15) is 11.3 Å². The van der Waals surface area contributed by atoms with Crippen LogP contribution in [-0.2, 0) is 6.54 Å². The first-order valence-electron chi connectivity index (χ1n) is 6.23. The van der Waals surface area contributed by atoms with E-state index in [1.54, 1.807) is 0 Å². The molecule has 0 unspecified atom stereocenters. The number of hydrogen-bond acceptors (Lipinski definition) is 2. The van der Waals surface area contributed by atoms with Crippen molar-refractivity contribution < 1.29 is 0 Å². The van der Waals surface area contributed by atoms with Crippen LogP contribution >= 0.6 is 0 Å². The first kappa shape index (κ1) is 11.7. The topological polar surface area (TPSA) is 30.7 Å². The van der Waals surface area contributed by atoms with Crippen molar-refractivity contribution in [1.82, 2.24) is 14.8 Å². The van der Waals surface area contributed by atoms with E-state index in [-0.39, 0.29) is 0 Å². The van der Waals surface area contributed by atoms with Gasteiger partial charge in [0.05, 0.1) is 18.9 Å². The maximum Gasteiger partial charge on any atom is 0.0975 e. The van der Waals surface area contributed by atoms with Crippen LogP contribution in [0.2, 0.25) is 0 Å². The van der Waals surface area contributed by atoms with Crippen LogP contribution < -0.4 is 0 Å². The van der Waals surface area contributed by atoms with Crippen LogP contribution in [0.3, 0.4) is 0 Å². The van der Waals surface area contributed by atoms with Crippen LogP contribution in [-0.4, -0.2) is 14.8 Å². The molecule has 0 amide bonds. The molecule has 3 rings (SSSR count). The highest BCUT2D eigenvalue weighted by atomic mass is 15.3. The molecule has 0 spiro atoms. The van der Waals surface area contributed by atoms with Gasteiger partial charge in [0, 0.05) is 23.0 Å². The molecule has 0 aliphatic carbocycles. The maximum atomic E-state index is 4.38. The Labute approximate surface area is 112 Å². The lowest BCUT2D eigenvalue weighted by Crippen LogP contribution is -1.99. The van der Waals surface area contributed by atoms with E-state index in [1.807, 2.05) is 54.3 Å². The Hall–Kier alpha value is -2.42. The predicted molar refractivity (Wildman–Crippen MR) is 74.6 cm³/mol. The van der Waals surface area contributed by atoms with Crippen molar-refractivity contribution >= 4 is 0 Å². The zero-order valence-corrected chi connectivity index (χ0v) is 10.7. The third kappa shape index (κ3) is 2.71. The van der Waals surface area contributed by atoms with Gasteiger partial charge in [-0.05, 0) is 18.6 Å². The van der Waals surface area contributed by atoms with E-state index in [2.05, 4.69) is 28.4 Å². The Morgan fingerprint density at radius 3 is 2.68 bits per heavy atom. The third-order valence-corrected chi connectivity index (χ3v) is 2.98. The van der Waals surface area contributed by atoms with Crippen molar-refractivity contribution in [1.29, 1.82) is 0 Å². The van der Waals surface area contributed by atoms with Gasteiger partial charge in [-0.1, -0.05) is 36.4 Å². The minimum Gasteiger partial charge on any atom is -0.268 e. The van der Waals surface area contributed by atoms with E-state index in [4.69, 9.17) is 0 Å². The van der Waals surface area contributed by atoms with E-state index < -0.39 is 0 Å². The first-order valence-corrected chi connectivity index (χ1v) is 6.23. The number of aryl methyl sites for hydroxylation is 1. The number of pyridine rings is 1. The zero-order chi connectivity index (χ0) is 13.1. The first-order chi connectivity index (χ1) is 9.31. The van der Waals surface area contributed by atoms with Crippen LogP contribution in [0, 0.1) is 13.1 Å².